The van der Waals surface area contributed by atoms with Crippen molar-refractivity contribution in [2.75, 3.05) is 33.4 Å². The van der Waals surface area contributed by atoms with Crippen LogP contribution in [0.25, 0.3) is 0 Å². The molecule has 13 heavy (non-hydrogen) atoms. The molecule has 5 heteroatoms. The number of likely N-dealkylation sites (tertiary alicyclic amines) is 1. The molecule has 78 valence electrons. The van der Waals surface area contributed by atoms with Crippen molar-refractivity contribution in [3.8, 4) is 0 Å². The first-order valence-electron chi connectivity index (χ1n) is 4.41. The van der Waals surface area contributed by atoms with Gasteiger partial charge in [0, 0.05) is 20.2 Å². The van der Waals surface area contributed by atoms with E-state index >= 15 is 0 Å². The Morgan fingerprint density at radius 3 is 2.85 bits per heavy atom. The number of alkyl halides is 2. The van der Waals surface area contributed by atoms with Crippen LogP contribution in [0, 0.1) is 0 Å². The Balaban J connectivity index is 2.37. The molecule has 1 unspecified atom stereocenters. The van der Waals surface area contributed by atoms with Gasteiger partial charge in [0.1, 0.15) is 0 Å². The summed E-state index contributed by atoms with van der Waals surface area (Å²) < 4.78 is 31.0. The molecule has 1 atom stereocenters. The average molecular weight is 194 g/mol. The minimum absolute atomic E-state index is 0.239. The van der Waals surface area contributed by atoms with Gasteiger partial charge in [0.05, 0.1) is 19.2 Å². The third kappa shape index (κ3) is 2.86. The van der Waals surface area contributed by atoms with Gasteiger partial charge in [0.2, 0.25) is 0 Å². The highest BCUT2D eigenvalue weighted by Gasteiger charge is 2.41. The molecule has 3 nitrogen and oxygen atoms in total. The molecule has 0 aromatic carbocycles. The van der Waals surface area contributed by atoms with Gasteiger partial charge in [0.15, 0.2) is 0 Å². The van der Waals surface area contributed by atoms with Crippen LogP contribution in [0.5, 0.6) is 0 Å². The topological polar surface area (TPSA) is 38.5 Å². The first-order valence-corrected chi connectivity index (χ1v) is 4.41. The molecule has 1 aliphatic rings. The molecule has 0 spiro atoms. The van der Waals surface area contributed by atoms with Crippen LogP contribution in [0.1, 0.15) is 6.42 Å². The van der Waals surface area contributed by atoms with Crippen molar-refractivity contribution in [1.82, 2.24) is 4.90 Å². The van der Waals surface area contributed by atoms with Gasteiger partial charge < -0.3 is 10.5 Å². The molecule has 0 bridgehead atoms. The Labute approximate surface area is 76.8 Å². The quantitative estimate of drug-likeness (QED) is 0.702. The van der Waals surface area contributed by atoms with Crippen molar-refractivity contribution in [2.45, 2.75) is 18.4 Å². The molecule has 1 saturated heterocycles. The van der Waals surface area contributed by atoms with E-state index in [0.717, 1.165) is 0 Å². The Morgan fingerprint density at radius 2 is 2.31 bits per heavy atom. The van der Waals surface area contributed by atoms with Crippen molar-refractivity contribution >= 4 is 0 Å². The number of nitrogens with two attached hydrogens (primary N) is 1. The second-order valence-electron chi connectivity index (χ2n) is 3.43. The molecule has 0 saturated carbocycles. The van der Waals surface area contributed by atoms with E-state index in [1.165, 1.54) is 0 Å². The SMILES string of the molecule is COCCN1CCC(N)C(F)(F)C1. The molecule has 0 radical (unpaired) electrons. The molecule has 2 N–H and O–H groups in total. The summed E-state index contributed by atoms with van der Waals surface area (Å²) in [6.07, 6.45) is 0.358. The summed E-state index contributed by atoms with van der Waals surface area (Å²) in [5.41, 5.74) is 5.30. The largest absolute Gasteiger partial charge is 0.383 e. The van der Waals surface area contributed by atoms with E-state index in [-0.39, 0.29) is 6.54 Å². The summed E-state index contributed by atoms with van der Waals surface area (Å²) in [4.78, 5) is 1.69. The number of methoxy groups -OCH3 is 1. The van der Waals surface area contributed by atoms with E-state index in [1.807, 2.05) is 0 Å². The van der Waals surface area contributed by atoms with Crippen molar-refractivity contribution < 1.29 is 13.5 Å². The first kappa shape index (κ1) is 10.8. The van der Waals surface area contributed by atoms with E-state index in [0.29, 0.717) is 26.1 Å². The third-order valence-corrected chi connectivity index (χ3v) is 2.34. The highest BCUT2D eigenvalue weighted by molar-refractivity contribution is 4.89. The summed E-state index contributed by atoms with van der Waals surface area (Å²) in [6.45, 7) is 1.45. The molecule has 0 aliphatic carbocycles. The van der Waals surface area contributed by atoms with Crippen LogP contribution in [0.4, 0.5) is 8.78 Å². The van der Waals surface area contributed by atoms with Crippen LogP contribution in [-0.2, 0) is 4.74 Å². The Hall–Kier alpha value is -0.260. The van der Waals surface area contributed by atoms with Crippen molar-refractivity contribution in [3.63, 3.8) is 0 Å². The fourth-order valence-corrected chi connectivity index (χ4v) is 1.44. The minimum Gasteiger partial charge on any atom is -0.383 e. The lowest BCUT2D eigenvalue weighted by atomic mass is 10.0. The van der Waals surface area contributed by atoms with Crippen molar-refractivity contribution in [2.24, 2.45) is 5.73 Å². The predicted octanol–water partition coefficient (Wildman–Crippen LogP) is 0.301. The number of hydrogen-bond donors (Lipinski definition) is 1. The van der Waals surface area contributed by atoms with E-state index in [9.17, 15) is 8.78 Å². The molecule has 1 heterocycles. The molecular weight excluding hydrogens is 178 g/mol. The van der Waals surface area contributed by atoms with Crippen LogP contribution in [0.2, 0.25) is 0 Å². The molecular formula is C8H16F2N2O. The number of nitrogens with zero attached hydrogens (tertiary/aromatic N) is 1. The third-order valence-electron chi connectivity index (χ3n) is 2.34. The van der Waals surface area contributed by atoms with E-state index in [2.05, 4.69) is 0 Å². The zero-order valence-electron chi connectivity index (χ0n) is 7.80. The minimum atomic E-state index is -2.74. The Bertz CT molecular complexity index is 164. The van der Waals surface area contributed by atoms with Crippen LogP contribution >= 0.6 is 0 Å². The number of hydrogen-bond acceptors (Lipinski definition) is 3. The lowest BCUT2D eigenvalue weighted by molar-refractivity contribution is -0.0825. The van der Waals surface area contributed by atoms with E-state index in [1.54, 1.807) is 12.0 Å². The zero-order valence-corrected chi connectivity index (χ0v) is 7.80. The second kappa shape index (κ2) is 4.30. The van der Waals surface area contributed by atoms with Crippen LogP contribution in [0.15, 0.2) is 0 Å². The van der Waals surface area contributed by atoms with Crippen molar-refractivity contribution in [3.05, 3.63) is 0 Å². The van der Waals surface area contributed by atoms with Gasteiger partial charge >= 0.3 is 0 Å². The zero-order chi connectivity index (χ0) is 9.90. The highest BCUT2D eigenvalue weighted by atomic mass is 19.3. The maximum Gasteiger partial charge on any atom is 0.275 e. The van der Waals surface area contributed by atoms with Gasteiger partial charge in [0.25, 0.3) is 5.92 Å². The summed E-state index contributed by atoms with van der Waals surface area (Å²) in [7, 11) is 1.56. The fraction of sp³-hybridized carbons (Fsp3) is 1.00. The highest BCUT2D eigenvalue weighted by Crippen LogP contribution is 2.25. The van der Waals surface area contributed by atoms with Gasteiger partial charge in [-0.1, -0.05) is 0 Å². The monoisotopic (exact) mass is 194 g/mol. The average Bonchev–Trinajstić information content (AvgIpc) is 2.07. The molecule has 1 fully saturated rings. The lowest BCUT2D eigenvalue weighted by Crippen LogP contribution is -2.55. The van der Waals surface area contributed by atoms with Gasteiger partial charge in [-0.3, -0.25) is 4.90 Å². The number of piperidine rings is 1. The maximum absolute atomic E-state index is 13.1. The number of halogens is 2. The smallest absolute Gasteiger partial charge is 0.275 e. The molecule has 1 aliphatic heterocycles. The number of rotatable bonds is 3. The lowest BCUT2D eigenvalue weighted by Gasteiger charge is -2.36. The summed E-state index contributed by atoms with van der Waals surface area (Å²) in [5.74, 6) is -2.74. The standard InChI is InChI=1S/C8H16F2N2O/c1-13-5-4-12-3-2-7(11)8(9,10)6-12/h7H,2-6,11H2,1H3. The van der Waals surface area contributed by atoms with Crippen molar-refractivity contribution in [1.29, 1.82) is 0 Å². The summed E-state index contributed by atoms with van der Waals surface area (Å²) >= 11 is 0. The second-order valence-corrected chi connectivity index (χ2v) is 3.43. The van der Waals surface area contributed by atoms with Crippen LogP contribution in [0.3, 0.4) is 0 Å². The van der Waals surface area contributed by atoms with Gasteiger partial charge in [-0.05, 0) is 6.42 Å². The van der Waals surface area contributed by atoms with Gasteiger partial charge in [-0.2, -0.15) is 0 Å². The van der Waals surface area contributed by atoms with E-state index in [4.69, 9.17) is 10.5 Å². The van der Waals surface area contributed by atoms with Crippen LogP contribution < -0.4 is 5.73 Å². The molecule has 0 aromatic heterocycles. The number of ether oxygens (including phenoxy) is 1. The molecule has 0 aromatic rings. The maximum atomic E-state index is 13.1. The molecule has 1 rings (SSSR count). The summed E-state index contributed by atoms with van der Waals surface area (Å²) in [6, 6.07) is -0.980. The van der Waals surface area contributed by atoms with E-state index < -0.39 is 12.0 Å². The van der Waals surface area contributed by atoms with Gasteiger partial charge in [-0.15, -0.1) is 0 Å². The van der Waals surface area contributed by atoms with Crippen LogP contribution in [-0.4, -0.2) is 50.2 Å². The Kier molecular flexibility index (Phi) is 3.58. The normalized spacial score (nSPS) is 29.1. The van der Waals surface area contributed by atoms with Gasteiger partial charge in [-0.25, -0.2) is 8.78 Å². The fourth-order valence-electron chi connectivity index (χ4n) is 1.44. The summed E-state index contributed by atoms with van der Waals surface area (Å²) in [5, 5.41) is 0. The first-order chi connectivity index (χ1) is 6.06. The Morgan fingerprint density at radius 1 is 1.62 bits per heavy atom. The molecule has 0 amide bonds. The predicted molar refractivity (Wildman–Crippen MR) is 45.9 cm³/mol.